The van der Waals surface area contributed by atoms with Crippen LogP contribution in [0.1, 0.15) is 42.9 Å². The molecule has 0 N–H and O–H groups in total. The normalized spacial score (nSPS) is 11.1. The molecule has 0 radical (unpaired) electrons. The number of aryl methyl sites for hydroxylation is 3. The summed E-state index contributed by atoms with van der Waals surface area (Å²) >= 11 is 1.57. The molecule has 126 valence electrons. The van der Waals surface area contributed by atoms with E-state index in [4.69, 9.17) is 4.52 Å². The predicted molar refractivity (Wildman–Crippen MR) is 93.3 cm³/mol. The third-order valence-corrected chi connectivity index (χ3v) is 4.66. The molecule has 3 aromatic rings. The second-order valence-electron chi connectivity index (χ2n) is 5.65. The second kappa shape index (κ2) is 7.61. The zero-order chi connectivity index (χ0) is 16.9. The molecule has 6 nitrogen and oxygen atoms in total. The Hall–Kier alpha value is -2.15. The van der Waals surface area contributed by atoms with Crippen molar-refractivity contribution in [2.24, 2.45) is 0 Å². The molecular weight excluding hydrogens is 322 g/mol. The molecule has 0 bridgehead atoms. The maximum atomic E-state index is 5.28. The summed E-state index contributed by atoms with van der Waals surface area (Å²) in [4.78, 5) is 4.43. The van der Waals surface area contributed by atoms with Crippen LogP contribution in [-0.2, 0) is 12.2 Å². The van der Waals surface area contributed by atoms with Gasteiger partial charge in [-0.2, -0.15) is 4.98 Å². The van der Waals surface area contributed by atoms with Crippen LogP contribution in [0.5, 0.6) is 0 Å². The highest BCUT2D eigenvalue weighted by Crippen LogP contribution is 2.25. The Balaban J connectivity index is 1.75. The van der Waals surface area contributed by atoms with Gasteiger partial charge in [0.1, 0.15) is 5.82 Å². The van der Waals surface area contributed by atoms with E-state index in [0.717, 1.165) is 35.9 Å². The fourth-order valence-corrected chi connectivity index (χ4v) is 3.27. The number of thioether (sulfide) groups is 1. The molecule has 2 aromatic heterocycles. The Morgan fingerprint density at radius 1 is 1.17 bits per heavy atom. The molecule has 0 aliphatic rings. The van der Waals surface area contributed by atoms with Crippen molar-refractivity contribution in [1.82, 2.24) is 24.9 Å². The van der Waals surface area contributed by atoms with E-state index in [2.05, 4.69) is 50.9 Å². The van der Waals surface area contributed by atoms with Gasteiger partial charge in [0.25, 0.3) is 0 Å². The van der Waals surface area contributed by atoms with E-state index < -0.39 is 0 Å². The van der Waals surface area contributed by atoms with Crippen molar-refractivity contribution in [1.29, 1.82) is 0 Å². The predicted octanol–water partition coefficient (Wildman–Crippen LogP) is 3.90. The standard InChI is InChI=1S/C17H21N5OS/c1-4-5-10-16-18-15(21-23-16)11-24-17-20-19-13(3)22(17)14-9-7-6-8-12(14)2/h6-9H,4-5,10-11H2,1-3H3. The number of aromatic nitrogens is 5. The van der Waals surface area contributed by atoms with Crippen LogP contribution in [0.25, 0.3) is 5.69 Å². The maximum absolute atomic E-state index is 5.28. The highest BCUT2D eigenvalue weighted by molar-refractivity contribution is 7.98. The summed E-state index contributed by atoms with van der Waals surface area (Å²) in [5.74, 6) is 2.88. The number of hydrogen-bond acceptors (Lipinski definition) is 6. The maximum Gasteiger partial charge on any atom is 0.226 e. The lowest BCUT2D eigenvalue weighted by atomic mass is 10.2. The molecule has 7 heteroatoms. The first-order valence-electron chi connectivity index (χ1n) is 8.11. The third-order valence-electron chi connectivity index (χ3n) is 3.74. The minimum Gasteiger partial charge on any atom is -0.339 e. The molecule has 0 aliphatic heterocycles. The zero-order valence-electron chi connectivity index (χ0n) is 14.2. The van der Waals surface area contributed by atoms with Gasteiger partial charge in [-0.05, 0) is 31.9 Å². The van der Waals surface area contributed by atoms with Crippen molar-refractivity contribution < 1.29 is 4.52 Å². The van der Waals surface area contributed by atoms with Crippen LogP contribution in [0, 0.1) is 13.8 Å². The van der Waals surface area contributed by atoms with Crippen molar-refractivity contribution >= 4 is 11.8 Å². The molecule has 0 saturated heterocycles. The topological polar surface area (TPSA) is 69.6 Å². The highest BCUT2D eigenvalue weighted by Gasteiger charge is 2.14. The average molecular weight is 343 g/mol. The molecular formula is C17H21N5OS. The second-order valence-corrected chi connectivity index (χ2v) is 6.59. The quantitative estimate of drug-likeness (QED) is 0.606. The van der Waals surface area contributed by atoms with Gasteiger partial charge in [0.2, 0.25) is 5.89 Å². The fourth-order valence-electron chi connectivity index (χ4n) is 2.44. The lowest BCUT2D eigenvalue weighted by Crippen LogP contribution is -2.01. The van der Waals surface area contributed by atoms with Crippen LogP contribution >= 0.6 is 11.8 Å². The van der Waals surface area contributed by atoms with E-state index in [0.29, 0.717) is 17.5 Å². The van der Waals surface area contributed by atoms with Gasteiger partial charge in [-0.3, -0.25) is 4.57 Å². The van der Waals surface area contributed by atoms with Crippen molar-refractivity contribution in [3.63, 3.8) is 0 Å². The molecule has 24 heavy (non-hydrogen) atoms. The van der Waals surface area contributed by atoms with Gasteiger partial charge in [-0.15, -0.1) is 10.2 Å². The lowest BCUT2D eigenvalue weighted by Gasteiger charge is -2.10. The number of benzene rings is 1. The molecule has 2 heterocycles. The van der Waals surface area contributed by atoms with Gasteiger partial charge in [-0.25, -0.2) is 0 Å². The molecule has 3 rings (SSSR count). The first-order valence-corrected chi connectivity index (χ1v) is 9.10. The summed E-state index contributed by atoms with van der Waals surface area (Å²) in [5, 5.41) is 13.4. The van der Waals surface area contributed by atoms with Crippen LogP contribution < -0.4 is 0 Å². The van der Waals surface area contributed by atoms with Crippen LogP contribution in [-0.4, -0.2) is 24.9 Å². The molecule has 0 fully saturated rings. The number of para-hydroxylation sites is 1. The van der Waals surface area contributed by atoms with Crippen molar-refractivity contribution in [3.05, 3.63) is 47.4 Å². The van der Waals surface area contributed by atoms with Crippen LogP contribution in [0.2, 0.25) is 0 Å². The SMILES string of the molecule is CCCCc1nc(CSc2nnc(C)n2-c2ccccc2C)no1. The van der Waals surface area contributed by atoms with E-state index in [1.807, 2.05) is 19.1 Å². The zero-order valence-corrected chi connectivity index (χ0v) is 15.0. The van der Waals surface area contributed by atoms with E-state index in [1.54, 1.807) is 11.8 Å². The van der Waals surface area contributed by atoms with Crippen LogP contribution in [0.3, 0.4) is 0 Å². The summed E-state index contributed by atoms with van der Waals surface area (Å²) in [5.41, 5.74) is 2.28. The number of nitrogens with zero attached hydrogens (tertiary/aromatic N) is 5. The number of unbranched alkanes of at least 4 members (excludes halogenated alkanes) is 1. The Morgan fingerprint density at radius 3 is 2.79 bits per heavy atom. The molecule has 0 atom stereocenters. The van der Waals surface area contributed by atoms with Gasteiger partial charge < -0.3 is 4.52 Å². The Morgan fingerprint density at radius 2 is 2.00 bits per heavy atom. The molecule has 1 aromatic carbocycles. The van der Waals surface area contributed by atoms with E-state index in [-0.39, 0.29) is 0 Å². The summed E-state index contributed by atoms with van der Waals surface area (Å²) < 4.78 is 7.34. The first-order chi connectivity index (χ1) is 11.7. The molecule has 0 unspecified atom stereocenters. The van der Waals surface area contributed by atoms with Gasteiger partial charge >= 0.3 is 0 Å². The number of rotatable bonds is 7. The average Bonchev–Trinajstić information content (AvgIpc) is 3.18. The first kappa shape index (κ1) is 16.7. The summed E-state index contributed by atoms with van der Waals surface area (Å²) in [7, 11) is 0. The summed E-state index contributed by atoms with van der Waals surface area (Å²) in [6.07, 6.45) is 3.02. The molecule has 0 amide bonds. The van der Waals surface area contributed by atoms with Gasteiger partial charge in [-0.1, -0.05) is 48.5 Å². The van der Waals surface area contributed by atoms with Gasteiger partial charge in [0.05, 0.1) is 11.4 Å². The monoisotopic (exact) mass is 343 g/mol. The van der Waals surface area contributed by atoms with E-state index in [1.165, 1.54) is 5.56 Å². The summed E-state index contributed by atoms with van der Waals surface area (Å²) in [6, 6.07) is 8.22. The minimum absolute atomic E-state index is 0.611. The van der Waals surface area contributed by atoms with Crippen molar-refractivity contribution in [3.8, 4) is 5.69 Å². The lowest BCUT2D eigenvalue weighted by molar-refractivity contribution is 0.371. The smallest absolute Gasteiger partial charge is 0.226 e. The molecule has 0 saturated carbocycles. The minimum atomic E-state index is 0.611. The Bertz CT molecular complexity index is 811. The largest absolute Gasteiger partial charge is 0.339 e. The third kappa shape index (κ3) is 3.67. The van der Waals surface area contributed by atoms with Gasteiger partial charge in [0, 0.05) is 6.42 Å². The molecule has 0 aliphatic carbocycles. The van der Waals surface area contributed by atoms with E-state index >= 15 is 0 Å². The van der Waals surface area contributed by atoms with Crippen molar-refractivity contribution in [2.45, 2.75) is 50.9 Å². The highest BCUT2D eigenvalue weighted by atomic mass is 32.2. The van der Waals surface area contributed by atoms with Gasteiger partial charge in [0.15, 0.2) is 11.0 Å². The Kier molecular flexibility index (Phi) is 5.30. The number of hydrogen-bond donors (Lipinski definition) is 0. The van der Waals surface area contributed by atoms with Crippen LogP contribution in [0.15, 0.2) is 33.9 Å². The van der Waals surface area contributed by atoms with Crippen molar-refractivity contribution in [2.75, 3.05) is 0 Å². The Labute approximate surface area is 145 Å². The van der Waals surface area contributed by atoms with Crippen LogP contribution in [0.4, 0.5) is 0 Å². The fraction of sp³-hybridized carbons (Fsp3) is 0.412. The summed E-state index contributed by atoms with van der Waals surface area (Å²) in [6.45, 7) is 6.19. The molecule has 0 spiro atoms. The van der Waals surface area contributed by atoms with E-state index in [9.17, 15) is 0 Å².